The van der Waals surface area contributed by atoms with Crippen molar-refractivity contribution in [1.29, 1.82) is 0 Å². The minimum Gasteiger partial charge on any atom is -0.472 e. The molecule has 3 aromatic heterocycles. The Labute approximate surface area is 126 Å². The van der Waals surface area contributed by atoms with Gasteiger partial charge in [-0.3, -0.25) is 0 Å². The zero-order valence-corrected chi connectivity index (χ0v) is 11.8. The van der Waals surface area contributed by atoms with Gasteiger partial charge in [0, 0.05) is 18.7 Å². The summed E-state index contributed by atoms with van der Waals surface area (Å²) in [6.07, 6.45) is 4.88. The van der Waals surface area contributed by atoms with Crippen LogP contribution < -0.4 is 10.6 Å². The van der Waals surface area contributed by atoms with Gasteiger partial charge in [0.25, 0.3) is 0 Å². The van der Waals surface area contributed by atoms with Crippen LogP contribution in [-0.4, -0.2) is 46.2 Å². The SMILES string of the molecule is Nc1nc(N2CCOCC2)c2nc(-c3ccoc3)cnc2n1. The summed E-state index contributed by atoms with van der Waals surface area (Å²) < 4.78 is 10.5. The lowest BCUT2D eigenvalue weighted by Crippen LogP contribution is -2.37. The van der Waals surface area contributed by atoms with Gasteiger partial charge in [-0.15, -0.1) is 0 Å². The van der Waals surface area contributed by atoms with Crippen LogP contribution in [0.2, 0.25) is 0 Å². The third-order valence-electron chi connectivity index (χ3n) is 3.53. The van der Waals surface area contributed by atoms with E-state index in [-0.39, 0.29) is 5.95 Å². The van der Waals surface area contributed by atoms with E-state index in [0.717, 1.165) is 18.7 Å². The first-order valence-corrected chi connectivity index (χ1v) is 6.97. The smallest absolute Gasteiger partial charge is 0.224 e. The van der Waals surface area contributed by atoms with Crippen LogP contribution >= 0.6 is 0 Å². The standard InChI is InChI=1S/C14H14N6O2/c15-14-18-12-11(13(19-14)20-2-5-21-6-3-20)17-10(7-16-12)9-1-4-22-8-9/h1,4,7-8H,2-3,5-6H2,(H2,15,16,18,19). The number of nitrogens with two attached hydrogens (primary N) is 1. The van der Waals surface area contributed by atoms with Gasteiger partial charge >= 0.3 is 0 Å². The molecule has 3 aromatic rings. The van der Waals surface area contributed by atoms with Crippen molar-refractivity contribution in [3.8, 4) is 11.3 Å². The Morgan fingerprint density at radius 3 is 2.77 bits per heavy atom. The number of fused-ring (bicyclic) bond motifs is 1. The molecule has 0 aromatic carbocycles. The second-order valence-electron chi connectivity index (χ2n) is 4.94. The number of morpholine rings is 1. The number of nitrogen functional groups attached to an aromatic ring is 1. The monoisotopic (exact) mass is 298 g/mol. The number of rotatable bonds is 2. The van der Waals surface area contributed by atoms with Gasteiger partial charge in [-0.1, -0.05) is 0 Å². The molecule has 8 heteroatoms. The molecule has 1 saturated heterocycles. The Morgan fingerprint density at radius 2 is 2.00 bits per heavy atom. The number of hydrogen-bond acceptors (Lipinski definition) is 8. The summed E-state index contributed by atoms with van der Waals surface area (Å²) in [5.74, 6) is 0.892. The van der Waals surface area contributed by atoms with Crippen molar-refractivity contribution in [2.75, 3.05) is 36.9 Å². The summed E-state index contributed by atoms with van der Waals surface area (Å²) >= 11 is 0. The van der Waals surface area contributed by atoms with E-state index in [1.54, 1.807) is 18.7 Å². The zero-order valence-electron chi connectivity index (χ0n) is 11.8. The normalized spacial score (nSPS) is 15.4. The van der Waals surface area contributed by atoms with Crippen molar-refractivity contribution < 1.29 is 9.15 Å². The van der Waals surface area contributed by atoms with E-state index in [0.29, 0.717) is 35.9 Å². The van der Waals surface area contributed by atoms with E-state index < -0.39 is 0 Å². The molecule has 0 radical (unpaired) electrons. The van der Waals surface area contributed by atoms with Crippen LogP contribution in [0.5, 0.6) is 0 Å². The third kappa shape index (κ3) is 2.23. The highest BCUT2D eigenvalue weighted by Crippen LogP contribution is 2.25. The van der Waals surface area contributed by atoms with Gasteiger partial charge in [0.15, 0.2) is 17.0 Å². The van der Waals surface area contributed by atoms with Gasteiger partial charge in [0.2, 0.25) is 5.95 Å². The van der Waals surface area contributed by atoms with E-state index in [1.165, 1.54) is 0 Å². The Kier molecular flexibility index (Phi) is 3.08. The summed E-state index contributed by atoms with van der Waals surface area (Å²) in [5.41, 5.74) is 8.49. The molecule has 0 bridgehead atoms. The van der Waals surface area contributed by atoms with Gasteiger partial charge < -0.3 is 19.8 Å². The number of aromatic nitrogens is 4. The Hall–Kier alpha value is -2.74. The highest BCUT2D eigenvalue weighted by atomic mass is 16.5. The first-order valence-electron chi connectivity index (χ1n) is 6.97. The second-order valence-corrected chi connectivity index (χ2v) is 4.94. The summed E-state index contributed by atoms with van der Waals surface area (Å²) in [6, 6.07) is 1.84. The molecule has 0 unspecified atom stereocenters. The lowest BCUT2D eigenvalue weighted by Gasteiger charge is -2.28. The average Bonchev–Trinajstić information content (AvgIpc) is 3.09. The van der Waals surface area contributed by atoms with Crippen molar-refractivity contribution in [2.24, 2.45) is 0 Å². The van der Waals surface area contributed by atoms with E-state index in [2.05, 4.69) is 24.8 Å². The highest BCUT2D eigenvalue weighted by Gasteiger charge is 2.19. The number of furan rings is 1. The van der Waals surface area contributed by atoms with Crippen molar-refractivity contribution in [3.05, 3.63) is 24.8 Å². The van der Waals surface area contributed by atoms with Gasteiger partial charge in [-0.2, -0.15) is 9.97 Å². The van der Waals surface area contributed by atoms with Gasteiger partial charge in [-0.25, -0.2) is 9.97 Å². The fourth-order valence-electron chi connectivity index (χ4n) is 2.45. The molecular weight excluding hydrogens is 284 g/mol. The molecule has 0 amide bonds. The summed E-state index contributed by atoms with van der Waals surface area (Å²) in [5, 5.41) is 0. The van der Waals surface area contributed by atoms with Gasteiger partial charge in [-0.05, 0) is 6.07 Å². The topological polar surface area (TPSA) is 103 Å². The molecule has 112 valence electrons. The van der Waals surface area contributed by atoms with Crippen molar-refractivity contribution in [2.45, 2.75) is 0 Å². The Morgan fingerprint density at radius 1 is 1.14 bits per heavy atom. The fourth-order valence-corrected chi connectivity index (χ4v) is 2.45. The summed E-state index contributed by atoms with van der Waals surface area (Å²) in [7, 11) is 0. The maximum atomic E-state index is 5.80. The molecule has 4 rings (SSSR count). The van der Waals surface area contributed by atoms with Crippen molar-refractivity contribution in [3.63, 3.8) is 0 Å². The lowest BCUT2D eigenvalue weighted by molar-refractivity contribution is 0.122. The first kappa shape index (κ1) is 13.0. The molecular formula is C14H14N6O2. The fraction of sp³-hybridized carbons (Fsp3) is 0.286. The highest BCUT2D eigenvalue weighted by molar-refractivity contribution is 5.85. The molecule has 1 aliphatic heterocycles. The summed E-state index contributed by atoms with van der Waals surface area (Å²) in [4.78, 5) is 19.6. The molecule has 0 saturated carbocycles. The first-order chi connectivity index (χ1) is 10.8. The predicted octanol–water partition coefficient (Wildman–Crippen LogP) is 1.10. The maximum Gasteiger partial charge on any atom is 0.224 e. The van der Waals surface area contributed by atoms with Crippen molar-refractivity contribution >= 4 is 22.9 Å². The molecule has 1 aliphatic rings. The minimum absolute atomic E-state index is 0.194. The quantitative estimate of drug-likeness (QED) is 0.750. The van der Waals surface area contributed by atoms with Crippen LogP contribution in [0.15, 0.2) is 29.2 Å². The number of hydrogen-bond donors (Lipinski definition) is 1. The second kappa shape index (κ2) is 5.23. The summed E-state index contributed by atoms with van der Waals surface area (Å²) in [6.45, 7) is 2.78. The lowest BCUT2D eigenvalue weighted by atomic mass is 10.2. The van der Waals surface area contributed by atoms with Crippen LogP contribution in [0, 0.1) is 0 Å². The number of ether oxygens (including phenoxy) is 1. The molecule has 8 nitrogen and oxygen atoms in total. The predicted molar refractivity (Wildman–Crippen MR) is 80.3 cm³/mol. The van der Waals surface area contributed by atoms with E-state index in [1.807, 2.05) is 6.07 Å². The Bertz CT molecular complexity index is 798. The van der Waals surface area contributed by atoms with Gasteiger partial charge in [0.05, 0.1) is 37.6 Å². The van der Waals surface area contributed by atoms with Gasteiger partial charge in [0.1, 0.15) is 0 Å². The molecule has 0 spiro atoms. The van der Waals surface area contributed by atoms with E-state index >= 15 is 0 Å². The van der Waals surface area contributed by atoms with Crippen LogP contribution in [0.25, 0.3) is 22.4 Å². The molecule has 2 N–H and O–H groups in total. The molecule has 0 atom stereocenters. The van der Waals surface area contributed by atoms with Crippen LogP contribution in [0.3, 0.4) is 0 Å². The Balaban J connectivity index is 1.87. The molecule has 1 fully saturated rings. The van der Waals surface area contributed by atoms with Crippen LogP contribution in [0.4, 0.5) is 11.8 Å². The molecule has 22 heavy (non-hydrogen) atoms. The largest absolute Gasteiger partial charge is 0.472 e. The van der Waals surface area contributed by atoms with Crippen LogP contribution in [0.1, 0.15) is 0 Å². The molecule has 4 heterocycles. The van der Waals surface area contributed by atoms with Crippen molar-refractivity contribution in [1.82, 2.24) is 19.9 Å². The average molecular weight is 298 g/mol. The maximum absolute atomic E-state index is 5.80. The third-order valence-corrected chi connectivity index (χ3v) is 3.53. The number of anilines is 2. The molecule has 0 aliphatic carbocycles. The zero-order chi connectivity index (χ0) is 14.9. The van der Waals surface area contributed by atoms with E-state index in [9.17, 15) is 0 Å². The van der Waals surface area contributed by atoms with Crippen LogP contribution in [-0.2, 0) is 4.74 Å². The number of nitrogens with zero attached hydrogens (tertiary/aromatic N) is 5. The minimum atomic E-state index is 0.194. The van der Waals surface area contributed by atoms with E-state index in [4.69, 9.17) is 14.9 Å².